The van der Waals surface area contributed by atoms with E-state index in [2.05, 4.69) is 49.5 Å². The smallest absolute Gasteiger partial charge is 0.231 e. The number of methoxy groups -OCH3 is 1. The molecule has 2 aromatic heterocycles. The number of anilines is 2. The number of ether oxygens (including phenoxy) is 1. The van der Waals surface area contributed by atoms with Crippen molar-refractivity contribution in [2.75, 3.05) is 56.2 Å². The zero-order valence-corrected chi connectivity index (χ0v) is 18.8. The van der Waals surface area contributed by atoms with Crippen molar-refractivity contribution in [3.05, 3.63) is 48.2 Å². The number of hydrogen-bond donors (Lipinski definition) is 0. The molecule has 0 spiro atoms. The normalized spacial score (nSPS) is 19.4. The number of carbonyl (C=O) groups excluding carboxylic acids is 1. The van der Waals surface area contributed by atoms with Crippen LogP contribution in [0.3, 0.4) is 0 Å². The topological polar surface area (TPSA) is 66.2 Å². The van der Waals surface area contributed by atoms with Gasteiger partial charge in [0.2, 0.25) is 11.9 Å². The summed E-state index contributed by atoms with van der Waals surface area (Å²) < 4.78 is 7.34. The number of amides is 1. The molecule has 0 radical (unpaired) electrons. The Morgan fingerprint density at radius 3 is 2.50 bits per heavy atom. The molecule has 2 fully saturated rings. The van der Waals surface area contributed by atoms with Gasteiger partial charge in [-0.2, -0.15) is 0 Å². The minimum Gasteiger partial charge on any atom is -0.497 e. The van der Waals surface area contributed by atoms with Crippen molar-refractivity contribution in [1.29, 1.82) is 0 Å². The first-order chi connectivity index (χ1) is 15.6. The van der Waals surface area contributed by atoms with Gasteiger partial charge in [0.15, 0.2) is 5.65 Å². The predicted molar refractivity (Wildman–Crippen MR) is 124 cm³/mol. The molecule has 0 N–H and O–H groups in total. The fourth-order valence-corrected chi connectivity index (χ4v) is 4.88. The Morgan fingerprint density at radius 2 is 1.75 bits per heavy atom. The van der Waals surface area contributed by atoms with Crippen molar-refractivity contribution in [3.8, 4) is 5.75 Å². The predicted octanol–water partition coefficient (Wildman–Crippen LogP) is 2.61. The van der Waals surface area contributed by atoms with Crippen molar-refractivity contribution in [2.45, 2.75) is 19.8 Å². The lowest BCUT2D eigenvalue weighted by atomic mass is 9.96. The number of rotatable bonds is 4. The highest BCUT2D eigenvalue weighted by Gasteiger charge is 2.32. The molecule has 1 aromatic carbocycles. The van der Waals surface area contributed by atoms with Gasteiger partial charge in [-0.15, -0.1) is 10.2 Å². The number of piperazine rings is 1. The van der Waals surface area contributed by atoms with Crippen molar-refractivity contribution in [1.82, 2.24) is 19.5 Å². The van der Waals surface area contributed by atoms with Crippen LogP contribution in [0.15, 0.2) is 42.5 Å². The van der Waals surface area contributed by atoms with Crippen LogP contribution in [-0.4, -0.2) is 71.8 Å². The number of piperidine rings is 1. The molecular weight excluding hydrogens is 404 g/mol. The van der Waals surface area contributed by atoms with Crippen LogP contribution in [0.5, 0.6) is 5.75 Å². The quantitative estimate of drug-likeness (QED) is 0.629. The van der Waals surface area contributed by atoms with Crippen molar-refractivity contribution in [3.63, 3.8) is 0 Å². The van der Waals surface area contributed by atoms with E-state index in [9.17, 15) is 4.79 Å². The van der Waals surface area contributed by atoms with E-state index < -0.39 is 0 Å². The van der Waals surface area contributed by atoms with E-state index >= 15 is 0 Å². The first-order valence-corrected chi connectivity index (χ1v) is 11.4. The summed E-state index contributed by atoms with van der Waals surface area (Å²) in [4.78, 5) is 20.0. The Kier molecular flexibility index (Phi) is 5.59. The zero-order chi connectivity index (χ0) is 22.1. The summed E-state index contributed by atoms with van der Waals surface area (Å²) in [6.07, 6.45) is 1.92. The largest absolute Gasteiger partial charge is 0.497 e. The molecule has 2 aliphatic heterocycles. The summed E-state index contributed by atoms with van der Waals surface area (Å²) in [6, 6.07) is 14.2. The summed E-state index contributed by atoms with van der Waals surface area (Å²) in [5, 5.41) is 8.77. The SMILES string of the molecule is COc1ccc(N2CCN(C(=O)C3CCCN(c4nnc5cccc(C)n45)C3)CC2)cc1. The monoisotopic (exact) mass is 434 g/mol. The van der Waals surface area contributed by atoms with E-state index in [4.69, 9.17) is 4.74 Å². The van der Waals surface area contributed by atoms with Gasteiger partial charge >= 0.3 is 0 Å². The standard InChI is InChI=1S/C24H30N6O2/c1-18-5-3-7-22-25-26-24(30(18)22)29-12-4-6-19(17-29)23(31)28-15-13-27(14-16-28)20-8-10-21(32-2)11-9-20/h3,5,7-11,19H,4,6,12-17H2,1-2H3. The summed E-state index contributed by atoms with van der Waals surface area (Å²) in [5.74, 6) is 1.99. The van der Waals surface area contributed by atoms with E-state index in [1.165, 1.54) is 5.69 Å². The van der Waals surface area contributed by atoms with Gasteiger partial charge in [-0.05, 0) is 56.2 Å². The van der Waals surface area contributed by atoms with E-state index in [1.54, 1.807) is 7.11 Å². The molecule has 2 saturated heterocycles. The third kappa shape index (κ3) is 3.85. The van der Waals surface area contributed by atoms with Crippen LogP contribution < -0.4 is 14.5 Å². The molecule has 1 atom stereocenters. The molecule has 3 aromatic rings. The van der Waals surface area contributed by atoms with Crippen LogP contribution >= 0.6 is 0 Å². The van der Waals surface area contributed by atoms with E-state index in [1.807, 2.05) is 29.2 Å². The second-order valence-electron chi connectivity index (χ2n) is 8.66. The first-order valence-electron chi connectivity index (χ1n) is 11.4. The summed E-state index contributed by atoms with van der Waals surface area (Å²) >= 11 is 0. The van der Waals surface area contributed by atoms with Gasteiger partial charge in [0.1, 0.15) is 5.75 Å². The highest BCUT2D eigenvalue weighted by molar-refractivity contribution is 5.80. The van der Waals surface area contributed by atoms with E-state index in [0.717, 1.165) is 68.6 Å². The van der Waals surface area contributed by atoms with Gasteiger partial charge in [0.05, 0.1) is 13.0 Å². The van der Waals surface area contributed by atoms with Crippen molar-refractivity contribution < 1.29 is 9.53 Å². The lowest BCUT2D eigenvalue weighted by Gasteiger charge is -2.39. The number of pyridine rings is 1. The highest BCUT2D eigenvalue weighted by Crippen LogP contribution is 2.26. The van der Waals surface area contributed by atoms with Gasteiger partial charge in [0, 0.05) is 50.6 Å². The van der Waals surface area contributed by atoms with Crippen LogP contribution in [0, 0.1) is 12.8 Å². The minimum absolute atomic E-state index is 0.00709. The number of carbonyl (C=O) groups is 1. The average Bonchev–Trinajstić information content (AvgIpc) is 3.29. The fourth-order valence-electron chi connectivity index (χ4n) is 4.88. The summed E-state index contributed by atoms with van der Waals surface area (Å²) in [5.41, 5.74) is 3.13. The zero-order valence-electron chi connectivity index (χ0n) is 18.8. The lowest BCUT2D eigenvalue weighted by Crippen LogP contribution is -2.52. The van der Waals surface area contributed by atoms with Gasteiger partial charge in [-0.25, -0.2) is 0 Å². The molecule has 0 saturated carbocycles. The average molecular weight is 435 g/mol. The maximum absolute atomic E-state index is 13.3. The highest BCUT2D eigenvalue weighted by atomic mass is 16.5. The second-order valence-corrected chi connectivity index (χ2v) is 8.66. The maximum Gasteiger partial charge on any atom is 0.231 e. The molecule has 32 heavy (non-hydrogen) atoms. The molecule has 4 heterocycles. The summed E-state index contributed by atoms with van der Waals surface area (Å²) in [6.45, 7) is 6.89. The molecule has 5 rings (SSSR count). The van der Waals surface area contributed by atoms with Gasteiger partial charge in [0.25, 0.3) is 0 Å². The second kappa shape index (κ2) is 8.68. The van der Waals surface area contributed by atoms with Crippen molar-refractivity contribution in [2.24, 2.45) is 5.92 Å². The van der Waals surface area contributed by atoms with Crippen molar-refractivity contribution >= 4 is 23.2 Å². The van der Waals surface area contributed by atoms with Gasteiger partial charge < -0.3 is 19.4 Å². The van der Waals surface area contributed by atoms with Gasteiger partial charge in [-0.3, -0.25) is 9.20 Å². The van der Waals surface area contributed by atoms with E-state index in [-0.39, 0.29) is 11.8 Å². The van der Waals surface area contributed by atoms with Crippen LogP contribution in [0.4, 0.5) is 11.6 Å². The third-order valence-electron chi connectivity index (χ3n) is 6.69. The van der Waals surface area contributed by atoms with Gasteiger partial charge in [-0.1, -0.05) is 6.07 Å². The third-order valence-corrected chi connectivity index (χ3v) is 6.69. The van der Waals surface area contributed by atoms with Crippen LogP contribution in [0.1, 0.15) is 18.5 Å². The molecule has 1 amide bonds. The number of hydrogen-bond acceptors (Lipinski definition) is 6. The number of fused-ring (bicyclic) bond motifs is 1. The number of nitrogens with zero attached hydrogens (tertiary/aromatic N) is 6. The number of aromatic nitrogens is 3. The van der Waals surface area contributed by atoms with Crippen LogP contribution in [0.2, 0.25) is 0 Å². The Labute approximate surface area is 188 Å². The Bertz CT molecular complexity index is 1090. The molecule has 168 valence electrons. The molecule has 8 nitrogen and oxygen atoms in total. The minimum atomic E-state index is 0.00709. The lowest BCUT2D eigenvalue weighted by molar-refractivity contribution is -0.136. The Hall–Kier alpha value is -3.29. The molecule has 1 unspecified atom stereocenters. The van der Waals surface area contributed by atoms with Crippen LogP contribution in [0.25, 0.3) is 5.65 Å². The maximum atomic E-state index is 13.3. The van der Waals surface area contributed by atoms with E-state index in [0.29, 0.717) is 6.54 Å². The Balaban J connectivity index is 1.23. The molecular formula is C24H30N6O2. The molecule has 2 aliphatic rings. The number of benzene rings is 1. The molecule has 0 bridgehead atoms. The summed E-state index contributed by atoms with van der Waals surface area (Å²) in [7, 11) is 1.68. The Morgan fingerprint density at radius 1 is 0.969 bits per heavy atom. The molecule has 0 aliphatic carbocycles. The fraction of sp³-hybridized carbons (Fsp3) is 0.458. The van der Waals surface area contributed by atoms with Crippen LogP contribution in [-0.2, 0) is 4.79 Å². The molecule has 8 heteroatoms. The number of aryl methyl sites for hydroxylation is 1. The first kappa shape index (κ1) is 20.6.